The summed E-state index contributed by atoms with van der Waals surface area (Å²) in [5.74, 6) is -0.285. The van der Waals surface area contributed by atoms with Gasteiger partial charge in [0.25, 0.3) is 5.91 Å². The monoisotopic (exact) mass is 356 g/mol. The zero-order valence-corrected chi connectivity index (χ0v) is 14.9. The fourth-order valence-corrected chi connectivity index (χ4v) is 2.66. The van der Waals surface area contributed by atoms with E-state index in [0.717, 1.165) is 25.1 Å². The average Bonchev–Trinajstić information content (AvgIpc) is 2.73. The van der Waals surface area contributed by atoms with Gasteiger partial charge < -0.3 is 10.6 Å². The third-order valence-corrected chi connectivity index (χ3v) is 4.08. The maximum absolute atomic E-state index is 12.4. The van der Waals surface area contributed by atoms with Crippen molar-refractivity contribution in [3.63, 3.8) is 0 Å². The Kier molecular flexibility index (Phi) is 6.16. The molecule has 0 aliphatic rings. The van der Waals surface area contributed by atoms with Gasteiger partial charge in [-0.2, -0.15) is 5.26 Å². The molecule has 1 amide bonds. The smallest absolute Gasteiger partial charge is 0.274 e. The molecule has 0 bridgehead atoms. The van der Waals surface area contributed by atoms with Crippen LogP contribution in [0, 0.1) is 11.3 Å². The van der Waals surface area contributed by atoms with E-state index in [-0.39, 0.29) is 5.91 Å². The average molecular weight is 356 g/mol. The number of rotatable bonds is 7. The van der Waals surface area contributed by atoms with Crippen molar-refractivity contribution >= 4 is 17.3 Å². The number of amides is 1. The molecule has 27 heavy (non-hydrogen) atoms. The molecule has 2 N–H and O–H groups in total. The van der Waals surface area contributed by atoms with Crippen LogP contribution in [0.3, 0.4) is 0 Å². The van der Waals surface area contributed by atoms with E-state index in [1.807, 2.05) is 30.3 Å². The number of hydrogen-bond donors (Lipinski definition) is 2. The Morgan fingerprint density at radius 3 is 2.52 bits per heavy atom. The van der Waals surface area contributed by atoms with Gasteiger partial charge in [-0.05, 0) is 54.8 Å². The third-order valence-electron chi connectivity index (χ3n) is 4.08. The van der Waals surface area contributed by atoms with Crippen LogP contribution in [0.5, 0.6) is 0 Å². The lowest BCUT2D eigenvalue weighted by Gasteiger charge is -2.09. The highest BCUT2D eigenvalue weighted by molar-refractivity contribution is 6.03. The highest BCUT2D eigenvalue weighted by Crippen LogP contribution is 2.13. The molecule has 2 aromatic carbocycles. The van der Waals surface area contributed by atoms with E-state index in [4.69, 9.17) is 5.26 Å². The first-order valence-electron chi connectivity index (χ1n) is 8.80. The van der Waals surface area contributed by atoms with Crippen molar-refractivity contribution in [1.29, 1.82) is 5.26 Å². The molecule has 0 aliphatic carbocycles. The van der Waals surface area contributed by atoms with Crippen LogP contribution < -0.4 is 10.6 Å². The van der Waals surface area contributed by atoms with Crippen LogP contribution in [-0.2, 0) is 6.42 Å². The molecule has 134 valence electrons. The molecule has 0 radical (unpaired) electrons. The number of pyridine rings is 1. The van der Waals surface area contributed by atoms with Crippen LogP contribution >= 0.6 is 0 Å². The number of carbonyl (C=O) groups excluding carboxylic acids is 1. The minimum atomic E-state index is -0.285. The van der Waals surface area contributed by atoms with Crippen molar-refractivity contribution in [3.8, 4) is 6.07 Å². The van der Waals surface area contributed by atoms with Crippen molar-refractivity contribution in [1.82, 2.24) is 4.98 Å². The van der Waals surface area contributed by atoms with Crippen LogP contribution in [0.4, 0.5) is 11.4 Å². The van der Waals surface area contributed by atoms with Gasteiger partial charge in [0.05, 0.1) is 11.6 Å². The van der Waals surface area contributed by atoms with E-state index in [9.17, 15) is 4.79 Å². The number of aromatic nitrogens is 1. The lowest BCUT2D eigenvalue weighted by molar-refractivity contribution is 0.102. The molecule has 3 aromatic rings. The number of hydrogen-bond acceptors (Lipinski definition) is 4. The predicted molar refractivity (Wildman–Crippen MR) is 107 cm³/mol. The fourth-order valence-electron chi connectivity index (χ4n) is 2.66. The lowest BCUT2D eigenvalue weighted by Crippen LogP contribution is -2.14. The molecular weight excluding hydrogens is 336 g/mol. The van der Waals surface area contributed by atoms with Gasteiger partial charge in [-0.25, -0.2) is 0 Å². The summed E-state index contributed by atoms with van der Waals surface area (Å²) in [5.41, 5.74) is 3.70. The van der Waals surface area contributed by atoms with Crippen molar-refractivity contribution in [2.75, 3.05) is 17.2 Å². The molecule has 0 aliphatic heterocycles. The van der Waals surface area contributed by atoms with Gasteiger partial charge in [0.1, 0.15) is 5.69 Å². The summed E-state index contributed by atoms with van der Waals surface area (Å²) in [5, 5.41) is 14.9. The summed E-state index contributed by atoms with van der Waals surface area (Å²) in [6.07, 6.45) is 3.62. The van der Waals surface area contributed by atoms with E-state index in [0.29, 0.717) is 16.9 Å². The second kappa shape index (κ2) is 9.16. The molecule has 1 aromatic heterocycles. The second-order valence-corrected chi connectivity index (χ2v) is 6.09. The molecule has 1 heterocycles. The van der Waals surface area contributed by atoms with Crippen molar-refractivity contribution in [2.24, 2.45) is 0 Å². The van der Waals surface area contributed by atoms with Crippen LogP contribution in [0.15, 0.2) is 72.9 Å². The third kappa shape index (κ3) is 5.41. The van der Waals surface area contributed by atoms with Gasteiger partial charge in [-0.1, -0.05) is 30.3 Å². The first-order valence-corrected chi connectivity index (χ1v) is 8.80. The summed E-state index contributed by atoms with van der Waals surface area (Å²) >= 11 is 0. The highest BCUT2D eigenvalue weighted by atomic mass is 16.1. The van der Waals surface area contributed by atoms with Gasteiger partial charge in [-0.15, -0.1) is 0 Å². The number of nitrogens with one attached hydrogen (secondary N) is 2. The zero-order valence-electron chi connectivity index (χ0n) is 14.9. The maximum Gasteiger partial charge on any atom is 0.274 e. The quantitative estimate of drug-likeness (QED) is 0.620. The molecule has 5 heteroatoms. The maximum atomic E-state index is 12.4. The van der Waals surface area contributed by atoms with E-state index >= 15 is 0 Å². The zero-order chi connectivity index (χ0) is 18.9. The minimum Gasteiger partial charge on any atom is -0.385 e. The molecule has 0 spiro atoms. The highest BCUT2D eigenvalue weighted by Gasteiger charge is 2.08. The first kappa shape index (κ1) is 18.2. The molecule has 0 atom stereocenters. The Morgan fingerprint density at radius 1 is 1.00 bits per heavy atom. The predicted octanol–water partition coefficient (Wildman–Crippen LogP) is 4.25. The largest absolute Gasteiger partial charge is 0.385 e. The molecule has 0 saturated heterocycles. The van der Waals surface area contributed by atoms with Crippen LogP contribution in [0.25, 0.3) is 0 Å². The Bertz CT molecular complexity index is 931. The molecule has 5 nitrogen and oxygen atoms in total. The molecule has 3 rings (SSSR count). The van der Waals surface area contributed by atoms with E-state index in [2.05, 4.69) is 27.8 Å². The summed E-state index contributed by atoms with van der Waals surface area (Å²) in [7, 11) is 0. The topological polar surface area (TPSA) is 77.8 Å². The van der Waals surface area contributed by atoms with Crippen molar-refractivity contribution in [2.45, 2.75) is 12.8 Å². The van der Waals surface area contributed by atoms with Gasteiger partial charge in [-0.3, -0.25) is 9.78 Å². The molecule has 0 unspecified atom stereocenters. The van der Waals surface area contributed by atoms with Crippen molar-refractivity contribution < 1.29 is 4.79 Å². The number of carbonyl (C=O) groups is 1. The second-order valence-electron chi connectivity index (χ2n) is 6.09. The molecule has 0 saturated carbocycles. The van der Waals surface area contributed by atoms with Crippen molar-refractivity contribution in [3.05, 3.63) is 89.7 Å². The number of nitrogens with zero attached hydrogens (tertiary/aromatic N) is 2. The van der Waals surface area contributed by atoms with Gasteiger partial charge >= 0.3 is 0 Å². The van der Waals surface area contributed by atoms with Gasteiger partial charge in [0.15, 0.2) is 0 Å². The summed E-state index contributed by atoms with van der Waals surface area (Å²) in [6.45, 7) is 0.815. The van der Waals surface area contributed by atoms with E-state index < -0.39 is 0 Å². The van der Waals surface area contributed by atoms with Crippen LogP contribution in [0.1, 0.15) is 28.0 Å². The molecular formula is C22H20N4O. The number of benzene rings is 2. The summed E-state index contributed by atoms with van der Waals surface area (Å²) in [6, 6.07) is 22.7. The standard InChI is InChI=1S/C22H20N4O/c23-16-18-8-10-19(11-9-18)26-22(27)21-15-20(12-14-25-21)24-13-4-7-17-5-2-1-3-6-17/h1-3,5-6,8-12,14-15H,4,7,13H2,(H,24,25)(H,26,27). The summed E-state index contributed by atoms with van der Waals surface area (Å²) < 4.78 is 0. The van der Waals surface area contributed by atoms with Gasteiger partial charge in [0.2, 0.25) is 0 Å². The van der Waals surface area contributed by atoms with Gasteiger partial charge in [0, 0.05) is 24.1 Å². The number of aryl methyl sites for hydroxylation is 1. The minimum absolute atomic E-state index is 0.285. The Morgan fingerprint density at radius 2 is 1.78 bits per heavy atom. The fraction of sp³-hybridized carbons (Fsp3) is 0.136. The SMILES string of the molecule is N#Cc1ccc(NC(=O)c2cc(NCCCc3ccccc3)ccn2)cc1. The van der Waals surface area contributed by atoms with E-state index in [1.165, 1.54) is 5.56 Å². The lowest BCUT2D eigenvalue weighted by atomic mass is 10.1. The Balaban J connectivity index is 1.53. The number of nitriles is 1. The normalized spacial score (nSPS) is 10.0. The van der Waals surface area contributed by atoms with E-state index in [1.54, 1.807) is 36.5 Å². The first-order chi connectivity index (χ1) is 13.2. The Labute approximate surface area is 158 Å². The number of anilines is 2. The van der Waals surface area contributed by atoms with Crippen LogP contribution in [0.2, 0.25) is 0 Å². The summed E-state index contributed by atoms with van der Waals surface area (Å²) in [4.78, 5) is 16.5. The van der Waals surface area contributed by atoms with Crippen LogP contribution in [-0.4, -0.2) is 17.4 Å². The Hall–Kier alpha value is -3.65. The molecule has 0 fully saturated rings.